The van der Waals surface area contributed by atoms with Gasteiger partial charge in [-0.15, -0.1) is 10.2 Å². The van der Waals surface area contributed by atoms with E-state index in [4.69, 9.17) is 4.42 Å². The van der Waals surface area contributed by atoms with Crippen molar-refractivity contribution < 1.29 is 4.42 Å². The van der Waals surface area contributed by atoms with Crippen LogP contribution >= 0.6 is 0 Å². The summed E-state index contributed by atoms with van der Waals surface area (Å²) in [5.41, 5.74) is 2.27. The Kier molecular flexibility index (Phi) is 3.18. The van der Waals surface area contributed by atoms with Crippen molar-refractivity contribution in [3.8, 4) is 0 Å². The van der Waals surface area contributed by atoms with Crippen LogP contribution in [0.4, 0.5) is 5.82 Å². The highest BCUT2D eigenvalue weighted by atomic mass is 16.3. The number of nitrogens with zero attached hydrogens (tertiary/aromatic N) is 5. The Morgan fingerprint density at radius 2 is 2.09 bits per heavy atom. The summed E-state index contributed by atoms with van der Waals surface area (Å²) in [5.74, 6) is 1.51. The lowest BCUT2D eigenvalue weighted by molar-refractivity contribution is 0.572. The van der Waals surface area contributed by atoms with Gasteiger partial charge in [0.1, 0.15) is 23.8 Å². The molecule has 0 radical (unpaired) electrons. The summed E-state index contributed by atoms with van der Waals surface area (Å²) < 4.78 is 7.92. The second-order valence-corrected chi connectivity index (χ2v) is 5.60. The zero-order chi connectivity index (χ0) is 15.8. The van der Waals surface area contributed by atoms with Crippen molar-refractivity contribution >= 4 is 27.9 Å². The molecular weight excluding hydrogens is 292 g/mol. The molecule has 1 aromatic carbocycles. The lowest BCUT2D eigenvalue weighted by Crippen LogP contribution is -2.10. The van der Waals surface area contributed by atoms with Crippen LogP contribution < -0.4 is 5.32 Å². The fraction of sp³-hybridized carbons (Fsp3) is 0.250. The molecule has 4 aromatic rings. The fourth-order valence-corrected chi connectivity index (χ4v) is 2.64. The Morgan fingerprint density at radius 3 is 2.96 bits per heavy atom. The van der Waals surface area contributed by atoms with Crippen LogP contribution in [0.15, 0.2) is 41.3 Å². The van der Waals surface area contributed by atoms with Gasteiger partial charge in [0.15, 0.2) is 17.2 Å². The Hall–Kier alpha value is -2.96. The van der Waals surface area contributed by atoms with Gasteiger partial charge in [0.05, 0.1) is 6.54 Å². The Morgan fingerprint density at radius 1 is 1.22 bits per heavy atom. The van der Waals surface area contributed by atoms with Gasteiger partial charge >= 0.3 is 0 Å². The minimum absolute atomic E-state index is 0.304. The lowest BCUT2D eigenvalue weighted by Gasteiger charge is -2.10. The first kappa shape index (κ1) is 13.7. The van der Waals surface area contributed by atoms with E-state index >= 15 is 0 Å². The molecule has 0 fully saturated rings. The van der Waals surface area contributed by atoms with Crippen LogP contribution in [-0.2, 0) is 6.54 Å². The van der Waals surface area contributed by atoms with Crippen molar-refractivity contribution in [3.63, 3.8) is 0 Å². The molecule has 0 bridgehead atoms. The van der Waals surface area contributed by atoms with E-state index in [2.05, 4.69) is 39.3 Å². The summed E-state index contributed by atoms with van der Waals surface area (Å²) in [6.07, 6.45) is 3.28. The predicted molar refractivity (Wildman–Crippen MR) is 87.0 cm³/mol. The normalized spacial score (nSPS) is 11.6. The molecule has 0 aliphatic carbocycles. The van der Waals surface area contributed by atoms with Crippen LogP contribution in [0, 0.1) is 0 Å². The van der Waals surface area contributed by atoms with Crippen LogP contribution in [0.25, 0.3) is 22.1 Å². The van der Waals surface area contributed by atoms with Gasteiger partial charge in [-0.1, -0.05) is 12.1 Å². The standard InChI is InChI=1S/C16H16N6O/c1-10(2)22-9-20-21-13(22)7-17-16-15-14(18-8-19-16)11-5-3-4-6-12(11)23-15/h3-6,8-10H,7H2,1-2H3,(H,17,18,19). The summed E-state index contributed by atoms with van der Waals surface area (Å²) in [5, 5.41) is 12.4. The molecule has 7 nitrogen and oxygen atoms in total. The molecule has 0 amide bonds. The maximum atomic E-state index is 5.90. The first-order valence-electron chi connectivity index (χ1n) is 7.48. The molecule has 0 spiro atoms. The molecule has 1 N–H and O–H groups in total. The topological polar surface area (TPSA) is 81.7 Å². The third-order valence-corrected chi connectivity index (χ3v) is 3.78. The highest BCUT2D eigenvalue weighted by Gasteiger charge is 2.14. The quantitative estimate of drug-likeness (QED) is 0.623. The summed E-state index contributed by atoms with van der Waals surface area (Å²) in [7, 11) is 0. The minimum atomic E-state index is 0.304. The largest absolute Gasteiger partial charge is 0.450 e. The van der Waals surface area contributed by atoms with Crippen LogP contribution in [0.2, 0.25) is 0 Å². The number of fused-ring (bicyclic) bond motifs is 3. The van der Waals surface area contributed by atoms with E-state index in [1.54, 1.807) is 12.7 Å². The van der Waals surface area contributed by atoms with Crippen molar-refractivity contribution in [3.05, 3.63) is 42.7 Å². The van der Waals surface area contributed by atoms with Crippen molar-refractivity contribution in [1.82, 2.24) is 24.7 Å². The monoisotopic (exact) mass is 308 g/mol. The second-order valence-electron chi connectivity index (χ2n) is 5.60. The van der Waals surface area contributed by atoms with E-state index in [0.29, 0.717) is 24.0 Å². The molecule has 0 unspecified atom stereocenters. The lowest BCUT2D eigenvalue weighted by atomic mass is 10.2. The summed E-state index contributed by atoms with van der Waals surface area (Å²) in [4.78, 5) is 8.65. The molecule has 0 aliphatic heterocycles. The molecule has 0 aliphatic rings. The maximum absolute atomic E-state index is 5.90. The molecule has 3 heterocycles. The molecule has 116 valence electrons. The molecule has 7 heteroatoms. The van der Waals surface area contributed by atoms with Gasteiger partial charge in [0.2, 0.25) is 0 Å². The number of anilines is 1. The Labute approximate surface area is 132 Å². The molecule has 3 aromatic heterocycles. The van der Waals surface area contributed by atoms with Crippen LogP contribution in [0.5, 0.6) is 0 Å². The highest BCUT2D eigenvalue weighted by Crippen LogP contribution is 2.30. The Bertz CT molecular complexity index is 971. The number of hydrogen-bond donors (Lipinski definition) is 1. The highest BCUT2D eigenvalue weighted by molar-refractivity contribution is 6.05. The number of hydrogen-bond acceptors (Lipinski definition) is 6. The first-order valence-corrected chi connectivity index (χ1v) is 7.48. The predicted octanol–water partition coefficient (Wildman–Crippen LogP) is 3.16. The fourth-order valence-electron chi connectivity index (χ4n) is 2.64. The van der Waals surface area contributed by atoms with Crippen molar-refractivity contribution in [2.45, 2.75) is 26.4 Å². The number of benzene rings is 1. The summed E-state index contributed by atoms with van der Waals surface area (Å²) in [6, 6.07) is 8.13. The van der Waals surface area contributed by atoms with Crippen LogP contribution in [0.3, 0.4) is 0 Å². The maximum Gasteiger partial charge on any atom is 0.196 e. The van der Waals surface area contributed by atoms with E-state index in [1.165, 1.54) is 0 Å². The molecular formula is C16H16N6O. The Balaban J connectivity index is 1.70. The molecule has 23 heavy (non-hydrogen) atoms. The van der Waals surface area contributed by atoms with Gasteiger partial charge in [-0.3, -0.25) is 0 Å². The van der Waals surface area contributed by atoms with E-state index in [1.807, 2.05) is 28.8 Å². The minimum Gasteiger partial charge on any atom is -0.450 e. The first-order chi connectivity index (χ1) is 11.2. The zero-order valence-electron chi connectivity index (χ0n) is 12.9. The van der Waals surface area contributed by atoms with Gasteiger partial charge in [-0.25, -0.2) is 9.97 Å². The third-order valence-electron chi connectivity index (χ3n) is 3.78. The van der Waals surface area contributed by atoms with Gasteiger partial charge in [0.25, 0.3) is 0 Å². The molecule has 4 rings (SSSR count). The summed E-state index contributed by atoms with van der Waals surface area (Å²) >= 11 is 0. The number of rotatable bonds is 4. The van der Waals surface area contributed by atoms with E-state index in [-0.39, 0.29) is 0 Å². The van der Waals surface area contributed by atoms with Crippen LogP contribution in [0.1, 0.15) is 25.7 Å². The van der Waals surface area contributed by atoms with Gasteiger partial charge < -0.3 is 14.3 Å². The van der Waals surface area contributed by atoms with Crippen molar-refractivity contribution in [2.24, 2.45) is 0 Å². The van der Waals surface area contributed by atoms with Gasteiger partial charge in [-0.05, 0) is 26.0 Å². The van der Waals surface area contributed by atoms with Gasteiger partial charge in [-0.2, -0.15) is 0 Å². The van der Waals surface area contributed by atoms with E-state index < -0.39 is 0 Å². The zero-order valence-corrected chi connectivity index (χ0v) is 12.9. The van der Waals surface area contributed by atoms with Crippen molar-refractivity contribution in [2.75, 3.05) is 5.32 Å². The van der Waals surface area contributed by atoms with Crippen molar-refractivity contribution in [1.29, 1.82) is 0 Å². The molecule has 0 atom stereocenters. The SMILES string of the molecule is CC(C)n1cnnc1CNc1ncnc2c1oc1ccccc12. The molecule has 0 saturated heterocycles. The second kappa shape index (κ2) is 5.35. The number of para-hydroxylation sites is 1. The third kappa shape index (κ3) is 2.30. The molecule has 0 saturated carbocycles. The average molecular weight is 308 g/mol. The smallest absolute Gasteiger partial charge is 0.196 e. The summed E-state index contributed by atoms with van der Waals surface area (Å²) in [6.45, 7) is 4.70. The van der Waals surface area contributed by atoms with Crippen LogP contribution in [-0.4, -0.2) is 24.7 Å². The van der Waals surface area contributed by atoms with E-state index in [9.17, 15) is 0 Å². The number of furan rings is 1. The number of aromatic nitrogens is 5. The average Bonchev–Trinajstić information content (AvgIpc) is 3.17. The number of nitrogens with one attached hydrogen (secondary N) is 1. The van der Waals surface area contributed by atoms with Gasteiger partial charge in [0, 0.05) is 11.4 Å². The van der Waals surface area contributed by atoms with E-state index in [0.717, 1.165) is 22.3 Å².